The molecule has 120 valence electrons. The zero-order valence-electron chi connectivity index (χ0n) is 12.3. The highest BCUT2D eigenvalue weighted by molar-refractivity contribution is 8.01. The quantitative estimate of drug-likeness (QED) is 0.813. The van der Waals surface area contributed by atoms with Crippen LogP contribution in [0, 0.1) is 0 Å². The molecule has 0 aliphatic carbocycles. The van der Waals surface area contributed by atoms with Crippen LogP contribution in [0.4, 0.5) is 0 Å². The highest BCUT2D eigenvalue weighted by Gasteiger charge is 2.39. The fourth-order valence-electron chi connectivity index (χ4n) is 3.26. The summed E-state index contributed by atoms with van der Waals surface area (Å²) in [5, 5.41) is 7.21. The number of rotatable bonds is 4. The largest absolute Gasteiger partial charge is 0.347 e. The summed E-state index contributed by atoms with van der Waals surface area (Å²) in [6.07, 6.45) is 5.21. The number of fused-ring (bicyclic) bond motifs is 2. The molecule has 4 nitrogen and oxygen atoms in total. The molecule has 0 unspecified atom stereocenters. The maximum Gasteiger partial charge on any atom is 0.261 e. The summed E-state index contributed by atoms with van der Waals surface area (Å²) in [5.74, 6) is 0.0374. The molecule has 2 aliphatic heterocycles. The second-order valence-electron chi connectivity index (χ2n) is 5.90. The Labute approximate surface area is 148 Å². The predicted octanol–water partition coefficient (Wildman–Crippen LogP) is 3.57. The molecule has 7 heteroatoms. The zero-order chi connectivity index (χ0) is 15.8. The molecular weight excluding hydrogens is 350 g/mol. The van der Waals surface area contributed by atoms with Crippen LogP contribution in [0.3, 0.4) is 0 Å². The number of nitrogens with zero attached hydrogens (tertiary/aromatic N) is 1. The van der Waals surface area contributed by atoms with Gasteiger partial charge in [0.25, 0.3) is 5.91 Å². The van der Waals surface area contributed by atoms with E-state index in [-0.39, 0.29) is 11.9 Å². The number of pyridine rings is 1. The van der Waals surface area contributed by atoms with Gasteiger partial charge in [-0.05, 0) is 43.5 Å². The van der Waals surface area contributed by atoms with Gasteiger partial charge in [0.05, 0.1) is 9.09 Å². The van der Waals surface area contributed by atoms with E-state index in [1.54, 1.807) is 24.0 Å². The van der Waals surface area contributed by atoms with Crippen molar-refractivity contribution >= 4 is 40.6 Å². The van der Waals surface area contributed by atoms with E-state index in [1.807, 2.05) is 18.2 Å². The minimum absolute atomic E-state index is 0.0374. The number of nitrogens with one attached hydrogen (secondary N) is 2. The number of carbonyl (C=O) groups is 1. The molecular formula is C16H16ClN3OS2. The molecule has 2 aromatic rings. The number of hydrogen-bond donors (Lipinski definition) is 2. The van der Waals surface area contributed by atoms with Gasteiger partial charge in [0.2, 0.25) is 0 Å². The lowest BCUT2D eigenvalue weighted by Crippen LogP contribution is -2.42. The lowest BCUT2D eigenvalue weighted by Gasteiger charge is -2.20. The van der Waals surface area contributed by atoms with E-state index in [2.05, 4.69) is 15.6 Å². The molecule has 3 atom stereocenters. The molecule has 23 heavy (non-hydrogen) atoms. The molecule has 2 N–H and O–H groups in total. The Hall–Kier alpha value is -1.08. The molecule has 1 amide bonds. The molecule has 2 bridgehead atoms. The minimum atomic E-state index is 0.0374. The van der Waals surface area contributed by atoms with Gasteiger partial charge in [0, 0.05) is 29.2 Å². The summed E-state index contributed by atoms with van der Waals surface area (Å²) in [6.45, 7) is 0. The summed E-state index contributed by atoms with van der Waals surface area (Å²) in [5.41, 5.74) is 0. The van der Waals surface area contributed by atoms with Crippen LogP contribution < -0.4 is 10.6 Å². The van der Waals surface area contributed by atoms with Crippen molar-refractivity contribution in [2.45, 2.75) is 46.5 Å². The summed E-state index contributed by atoms with van der Waals surface area (Å²) >= 11 is 8.90. The monoisotopic (exact) mass is 365 g/mol. The van der Waals surface area contributed by atoms with Crippen molar-refractivity contribution in [3.05, 3.63) is 40.5 Å². The van der Waals surface area contributed by atoms with Crippen LogP contribution in [-0.2, 0) is 0 Å². The lowest BCUT2D eigenvalue weighted by molar-refractivity contribution is 0.0935. The van der Waals surface area contributed by atoms with Crippen molar-refractivity contribution in [1.82, 2.24) is 15.6 Å². The molecule has 4 heterocycles. The molecule has 2 saturated heterocycles. The van der Waals surface area contributed by atoms with Gasteiger partial charge in [-0.15, -0.1) is 11.3 Å². The Bertz CT molecular complexity index is 718. The molecule has 2 fully saturated rings. The Balaban J connectivity index is 1.39. The van der Waals surface area contributed by atoms with E-state index in [1.165, 1.54) is 24.2 Å². The van der Waals surface area contributed by atoms with E-state index < -0.39 is 0 Å². The van der Waals surface area contributed by atoms with Crippen LogP contribution in [0.5, 0.6) is 0 Å². The van der Waals surface area contributed by atoms with Crippen molar-refractivity contribution in [2.24, 2.45) is 0 Å². The van der Waals surface area contributed by atoms with Gasteiger partial charge in [-0.3, -0.25) is 4.79 Å². The van der Waals surface area contributed by atoms with E-state index in [9.17, 15) is 4.79 Å². The van der Waals surface area contributed by atoms with Gasteiger partial charge >= 0.3 is 0 Å². The van der Waals surface area contributed by atoms with Crippen molar-refractivity contribution in [3.8, 4) is 0 Å². The fraction of sp³-hybridized carbons (Fsp3) is 0.375. The Morgan fingerprint density at radius 3 is 2.96 bits per heavy atom. The number of hydrogen-bond acceptors (Lipinski definition) is 5. The predicted molar refractivity (Wildman–Crippen MR) is 93.5 cm³/mol. The average Bonchev–Trinajstić information content (AvgIpc) is 3.26. The van der Waals surface area contributed by atoms with Gasteiger partial charge in [0.15, 0.2) is 0 Å². The molecule has 0 saturated carbocycles. The van der Waals surface area contributed by atoms with Gasteiger partial charge in [-0.25, -0.2) is 4.98 Å². The first kappa shape index (κ1) is 15.4. The summed E-state index contributed by atoms with van der Waals surface area (Å²) < 4.78 is 1.07. The number of amides is 1. The second-order valence-corrected chi connectivity index (χ2v) is 8.75. The van der Waals surface area contributed by atoms with Crippen molar-refractivity contribution in [2.75, 3.05) is 0 Å². The van der Waals surface area contributed by atoms with Crippen molar-refractivity contribution < 1.29 is 4.79 Å². The third-order valence-corrected chi connectivity index (χ3v) is 6.76. The van der Waals surface area contributed by atoms with Gasteiger partial charge < -0.3 is 10.6 Å². The SMILES string of the molecule is O=C(N[C@@H]1C[C@H]2CC[C@@H]1N2)c1ccc(Sc2ccc(Cl)nc2)s1. The molecule has 0 aromatic carbocycles. The third kappa shape index (κ3) is 3.40. The molecule has 4 rings (SSSR count). The molecule has 0 radical (unpaired) electrons. The first-order valence-electron chi connectivity index (χ1n) is 7.63. The standard InChI is InChI=1S/C16H16ClN3OS2/c17-14-5-2-10(8-18-14)22-15-6-4-13(23-15)16(21)20-12-7-9-1-3-11(12)19-9/h2,4-6,8-9,11-12,19H,1,3,7H2,(H,20,21)/t9-,11+,12-/m1/s1. The van der Waals surface area contributed by atoms with Gasteiger partial charge in [-0.2, -0.15) is 0 Å². The molecule has 0 spiro atoms. The van der Waals surface area contributed by atoms with Crippen molar-refractivity contribution in [1.29, 1.82) is 0 Å². The Kier molecular flexibility index (Phi) is 4.32. The van der Waals surface area contributed by atoms with Crippen LogP contribution in [0.15, 0.2) is 39.6 Å². The van der Waals surface area contributed by atoms with Crippen LogP contribution in [0.1, 0.15) is 28.9 Å². The maximum atomic E-state index is 12.4. The first-order chi connectivity index (χ1) is 11.2. The highest BCUT2D eigenvalue weighted by Crippen LogP contribution is 2.34. The molecule has 2 aliphatic rings. The third-order valence-electron chi connectivity index (χ3n) is 4.34. The average molecular weight is 366 g/mol. The summed E-state index contributed by atoms with van der Waals surface area (Å²) in [6, 6.07) is 8.91. The molecule has 2 aromatic heterocycles. The van der Waals surface area contributed by atoms with Crippen molar-refractivity contribution in [3.63, 3.8) is 0 Å². The normalized spacial score (nSPS) is 25.7. The number of halogens is 1. The minimum Gasteiger partial charge on any atom is -0.347 e. The van der Waals surface area contributed by atoms with Crippen LogP contribution in [-0.4, -0.2) is 29.0 Å². The Morgan fingerprint density at radius 1 is 1.35 bits per heavy atom. The fourth-order valence-corrected chi connectivity index (χ4v) is 5.35. The van der Waals surface area contributed by atoms with Crippen LogP contribution in [0.2, 0.25) is 5.15 Å². The lowest BCUT2D eigenvalue weighted by atomic mass is 9.95. The second kappa shape index (κ2) is 6.43. The highest BCUT2D eigenvalue weighted by atomic mass is 35.5. The van der Waals surface area contributed by atoms with Crippen LogP contribution >= 0.6 is 34.7 Å². The number of thiophene rings is 1. The van der Waals surface area contributed by atoms with Gasteiger partial charge in [0.1, 0.15) is 5.15 Å². The Morgan fingerprint density at radius 2 is 2.26 bits per heavy atom. The smallest absolute Gasteiger partial charge is 0.261 e. The van der Waals surface area contributed by atoms with E-state index in [0.717, 1.165) is 20.4 Å². The van der Waals surface area contributed by atoms with Crippen LogP contribution in [0.25, 0.3) is 0 Å². The zero-order valence-corrected chi connectivity index (χ0v) is 14.7. The van der Waals surface area contributed by atoms with E-state index in [0.29, 0.717) is 17.2 Å². The topological polar surface area (TPSA) is 54.0 Å². The summed E-state index contributed by atoms with van der Waals surface area (Å²) in [7, 11) is 0. The van der Waals surface area contributed by atoms with Gasteiger partial charge in [-0.1, -0.05) is 23.4 Å². The number of aromatic nitrogens is 1. The van der Waals surface area contributed by atoms with E-state index >= 15 is 0 Å². The first-order valence-corrected chi connectivity index (χ1v) is 9.64. The number of carbonyl (C=O) groups excluding carboxylic acids is 1. The van der Waals surface area contributed by atoms with E-state index in [4.69, 9.17) is 11.6 Å². The maximum absolute atomic E-state index is 12.4. The summed E-state index contributed by atoms with van der Waals surface area (Å²) in [4.78, 5) is 18.3.